The van der Waals surface area contributed by atoms with Crippen molar-refractivity contribution in [3.63, 3.8) is 0 Å². The van der Waals surface area contributed by atoms with Crippen molar-refractivity contribution in [2.24, 2.45) is 7.05 Å². The first-order valence-corrected chi connectivity index (χ1v) is 9.94. The summed E-state index contributed by atoms with van der Waals surface area (Å²) in [5.74, 6) is 1.05. The Morgan fingerprint density at radius 3 is 2.56 bits per heavy atom. The molecule has 27 heavy (non-hydrogen) atoms. The Hall–Kier alpha value is -2.35. The Kier molecular flexibility index (Phi) is 5.84. The maximum absolute atomic E-state index is 12.3. The van der Waals surface area contributed by atoms with Gasteiger partial charge in [0, 0.05) is 18.7 Å². The summed E-state index contributed by atoms with van der Waals surface area (Å²) in [6, 6.07) is 5.83. The molecule has 2 amide bonds. The van der Waals surface area contributed by atoms with Crippen LogP contribution in [0, 0.1) is 13.8 Å². The van der Waals surface area contributed by atoms with Gasteiger partial charge in [-0.05, 0) is 44.7 Å². The fourth-order valence-electron chi connectivity index (χ4n) is 2.84. The van der Waals surface area contributed by atoms with Gasteiger partial charge in [-0.3, -0.25) is 9.59 Å². The van der Waals surface area contributed by atoms with E-state index in [-0.39, 0.29) is 23.6 Å². The smallest absolute Gasteiger partial charge is 0.243 e. The van der Waals surface area contributed by atoms with Gasteiger partial charge in [0.1, 0.15) is 5.82 Å². The summed E-state index contributed by atoms with van der Waals surface area (Å²) in [6.07, 6.45) is 2.31. The second-order valence-corrected chi connectivity index (χ2v) is 8.27. The lowest BCUT2D eigenvalue weighted by Gasteiger charge is -2.13. The second kappa shape index (κ2) is 8.12. The van der Waals surface area contributed by atoms with Gasteiger partial charge in [-0.2, -0.15) is 0 Å². The van der Waals surface area contributed by atoms with Crippen molar-refractivity contribution in [2.45, 2.75) is 49.9 Å². The molecule has 1 fully saturated rings. The molecule has 1 aromatic carbocycles. The SMILES string of the molecule is Cc1cccc(C)c1NC(=O)CNC(=O)[C@H](C)Sc1nnc(C2CC2)n1C. The first kappa shape index (κ1) is 19.4. The molecular formula is C19H25N5O2S. The van der Waals surface area contributed by atoms with Crippen LogP contribution in [0.3, 0.4) is 0 Å². The first-order chi connectivity index (χ1) is 12.9. The molecule has 144 valence electrons. The number of anilines is 1. The normalized spacial score (nSPS) is 14.7. The molecule has 2 N–H and O–H groups in total. The molecule has 0 saturated heterocycles. The van der Waals surface area contributed by atoms with Gasteiger partial charge in [0.2, 0.25) is 11.8 Å². The van der Waals surface area contributed by atoms with Crippen molar-refractivity contribution in [1.29, 1.82) is 0 Å². The van der Waals surface area contributed by atoms with Gasteiger partial charge in [0.25, 0.3) is 0 Å². The van der Waals surface area contributed by atoms with Crippen LogP contribution in [-0.2, 0) is 16.6 Å². The summed E-state index contributed by atoms with van der Waals surface area (Å²) in [4.78, 5) is 24.5. The van der Waals surface area contributed by atoms with Crippen molar-refractivity contribution >= 4 is 29.3 Å². The van der Waals surface area contributed by atoms with E-state index in [1.165, 1.54) is 11.8 Å². The topological polar surface area (TPSA) is 88.9 Å². The molecule has 0 radical (unpaired) electrons. The summed E-state index contributed by atoms with van der Waals surface area (Å²) in [6.45, 7) is 5.62. The number of aryl methyl sites for hydroxylation is 2. The molecule has 1 saturated carbocycles. The standard InChI is InChI=1S/C19H25N5O2S/c1-11-6-5-7-12(2)16(11)21-15(25)10-20-18(26)13(3)27-19-23-22-17(24(19)4)14-8-9-14/h5-7,13-14H,8-10H2,1-4H3,(H,20,26)(H,21,25)/t13-/m0/s1. The Bertz CT molecular complexity index is 840. The van der Waals surface area contributed by atoms with Crippen molar-refractivity contribution in [2.75, 3.05) is 11.9 Å². The Balaban J connectivity index is 1.50. The number of para-hydroxylation sites is 1. The zero-order valence-electron chi connectivity index (χ0n) is 16.1. The van der Waals surface area contributed by atoms with Crippen LogP contribution in [-0.4, -0.2) is 38.4 Å². The highest BCUT2D eigenvalue weighted by atomic mass is 32.2. The average Bonchev–Trinajstić information content (AvgIpc) is 3.41. The van der Waals surface area contributed by atoms with Gasteiger partial charge in [-0.1, -0.05) is 30.0 Å². The molecule has 0 aliphatic heterocycles. The van der Waals surface area contributed by atoms with Crippen LogP contribution in [0.15, 0.2) is 23.4 Å². The van der Waals surface area contributed by atoms with Crippen molar-refractivity contribution < 1.29 is 9.59 Å². The largest absolute Gasteiger partial charge is 0.346 e. The van der Waals surface area contributed by atoms with Crippen LogP contribution in [0.5, 0.6) is 0 Å². The maximum Gasteiger partial charge on any atom is 0.243 e. The quantitative estimate of drug-likeness (QED) is 0.713. The van der Waals surface area contributed by atoms with Gasteiger partial charge in [0.15, 0.2) is 5.16 Å². The second-order valence-electron chi connectivity index (χ2n) is 6.97. The van der Waals surface area contributed by atoms with E-state index in [1.54, 1.807) is 6.92 Å². The molecule has 2 aromatic rings. The number of amides is 2. The third-order valence-corrected chi connectivity index (χ3v) is 5.77. The number of hydrogen-bond acceptors (Lipinski definition) is 5. The number of carbonyl (C=O) groups is 2. The molecular weight excluding hydrogens is 362 g/mol. The molecule has 8 heteroatoms. The predicted molar refractivity (Wildman–Crippen MR) is 106 cm³/mol. The van der Waals surface area contributed by atoms with E-state index in [4.69, 9.17) is 0 Å². The van der Waals surface area contributed by atoms with E-state index < -0.39 is 0 Å². The molecule has 1 aromatic heterocycles. The maximum atomic E-state index is 12.3. The number of thioether (sulfide) groups is 1. The number of nitrogens with one attached hydrogen (secondary N) is 2. The molecule has 1 atom stereocenters. The highest BCUT2D eigenvalue weighted by molar-refractivity contribution is 8.00. The monoisotopic (exact) mass is 387 g/mol. The lowest BCUT2D eigenvalue weighted by Crippen LogP contribution is -2.37. The molecule has 0 unspecified atom stereocenters. The molecule has 1 aliphatic carbocycles. The minimum absolute atomic E-state index is 0.0658. The average molecular weight is 388 g/mol. The fourth-order valence-corrected chi connectivity index (χ4v) is 3.69. The molecule has 3 rings (SSSR count). The van der Waals surface area contributed by atoms with Gasteiger partial charge >= 0.3 is 0 Å². The van der Waals surface area contributed by atoms with Gasteiger partial charge in [-0.15, -0.1) is 10.2 Å². The summed E-state index contributed by atoms with van der Waals surface area (Å²) >= 11 is 1.35. The van der Waals surface area contributed by atoms with E-state index >= 15 is 0 Å². The lowest BCUT2D eigenvalue weighted by atomic mass is 10.1. The third-order valence-electron chi connectivity index (χ3n) is 4.63. The van der Waals surface area contributed by atoms with E-state index in [0.717, 1.165) is 40.6 Å². The van der Waals surface area contributed by atoms with E-state index in [1.807, 2.05) is 43.7 Å². The number of hydrogen-bond donors (Lipinski definition) is 2. The van der Waals surface area contributed by atoms with Crippen molar-refractivity contribution in [1.82, 2.24) is 20.1 Å². The Labute approximate surface area is 163 Å². The van der Waals surface area contributed by atoms with Crippen LogP contribution in [0.1, 0.15) is 42.6 Å². The number of carbonyl (C=O) groups excluding carboxylic acids is 2. The summed E-state index contributed by atoms with van der Waals surface area (Å²) < 4.78 is 1.96. The van der Waals surface area contributed by atoms with Crippen LogP contribution >= 0.6 is 11.8 Å². The zero-order chi connectivity index (χ0) is 19.6. The van der Waals surface area contributed by atoms with Crippen LogP contribution in [0.4, 0.5) is 5.69 Å². The Morgan fingerprint density at radius 1 is 1.26 bits per heavy atom. The lowest BCUT2D eigenvalue weighted by molar-refractivity contribution is -0.123. The molecule has 1 heterocycles. The Morgan fingerprint density at radius 2 is 1.93 bits per heavy atom. The van der Waals surface area contributed by atoms with Gasteiger partial charge in [0.05, 0.1) is 11.8 Å². The molecule has 0 spiro atoms. The number of nitrogens with zero attached hydrogens (tertiary/aromatic N) is 3. The third kappa shape index (κ3) is 4.68. The van der Waals surface area contributed by atoms with Crippen LogP contribution < -0.4 is 10.6 Å². The zero-order valence-corrected chi connectivity index (χ0v) is 16.9. The van der Waals surface area contributed by atoms with Gasteiger partial charge in [-0.25, -0.2) is 0 Å². The minimum atomic E-state index is -0.368. The fraction of sp³-hybridized carbons (Fsp3) is 0.474. The first-order valence-electron chi connectivity index (χ1n) is 9.06. The predicted octanol–water partition coefficient (Wildman–Crippen LogP) is 2.54. The van der Waals surface area contributed by atoms with Crippen molar-refractivity contribution in [3.05, 3.63) is 35.2 Å². The summed E-state index contributed by atoms with van der Waals surface area (Å²) in [5.41, 5.74) is 2.78. The highest BCUT2D eigenvalue weighted by Gasteiger charge is 2.30. The van der Waals surface area contributed by atoms with Gasteiger partial charge < -0.3 is 15.2 Å². The number of aromatic nitrogens is 3. The number of benzene rings is 1. The number of rotatable bonds is 7. The molecule has 1 aliphatic rings. The van der Waals surface area contributed by atoms with Crippen molar-refractivity contribution in [3.8, 4) is 0 Å². The van der Waals surface area contributed by atoms with E-state index in [9.17, 15) is 9.59 Å². The minimum Gasteiger partial charge on any atom is -0.346 e. The van der Waals surface area contributed by atoms with E-state index in [0.29, 0.717) is 5.92 Å². The highest BCUT2D eigenvalue weighted by Crippen LogP contribution is 2.39. The molecule has 0 bridgehead atoms. The summed E-state index contributed by atoms with van der Waals surface area (Å²) in [5, 5.41) is 14.3. The summed E-state index contributed by atoms with van der Waals surface area (Å²) in [7, 11) is 1.93. The van der Waals surface area contributed by atoms with Crippen LogP contribution in [0.25, 0.3) is 0 Å². The van der Waals surface area contributed by atoms with Crippen LogP contribution in [0.2, 0.25) is 0 Å². The van der Waals surface area contributed by atoms with E-state index in [2.05, 4.69) is 20.8 Å². The molecule has 7 nitrogen and oxygen atoms in total.